The summed E-state index contributed by atoms with van der Waals surface area (Å²) in [7, 11) is 1.92. The minimum Gasteiger partial charge on any atom is -0.316 e. The van der Waals surface area contributed by atoms with Crippen LogP contribution >= 0.6 is 0 Å². The van der Waals surface area contributed by atoms with Gasteiger partial charge in [0.25, 0.3) is 0 Å². The summed E-state index contributed by atoms with van der Waals surface area (Å²) in [6.07, 6.45) is -0.660. The maximum atomic E-state index is 12.7. The van der Waals surface area contributed by atoms with E-state index in [-0.39, 0.29) is 6.04 Å². The molecule has 3 atom stereocenters. The average molecular weight is 250 g/mol. The molecule has 1 saturated carbocycles. The maximum Gasteiger partial charge on any atom is 0.391 e. The third-order valence-electron chi connectivity index (χ3n) is 4.25. The number of alkyl halides is 3. The van der Waals surface area contributed by atoms with Gasteiger partial charge in [-0.2, -0.15) is 13.2 Å². The maximum absolute atomic E-state index is 12.7. The molecule has 2 aliphatic rings. The van der Waals surface area contributed by atoms with Crippen LogP contribution in [0, 0.1) is 5.92 Å². The Balaban J connectivity index is 1.90. The Hall–Kier alpha value is -0.290. The normalized spacial score (nSPS) is 36.4. The Morgan fingerprint density at radius 2 is 1.94 bits per heavy atom. The van der Waals surface area contributed by atoms with Gasteiger partial charge in [-0.25, -0.2) is 0 Å². The second kappa shape index (κ2) is 5.14. The molecule has 3 unspecified atom stereocenters. The first-order chi connectivity index (χ1) is 8.00. The van der Waals surface area contributed by atoms with Crippen LogP contribution in [-0.2, 0) is 0 Å². The van der Waals surface area contributed by atoms with E-state index < -0.39 is 12.1 Å². The van der Waals surface area contributed by atoms with Crippen molar-refractivity contribution in [1.82, 2.24) is 10.2 Å². The van der Waals surface area contributed by atoms with Crippen LogP contribution < -0.4 is 5.32 Å². The van der Waals surface area contributed by atoms with E-state index in [0.29, 0.717) is 18.9 Å². The Morgan fingerprint density at radius 1 is 1.18 bits per heavy atom. The van der Waals surface area contributed by atoms with Crippen molar-refractivity contribution < 1.29 is 13.2 Å². The van der Waals surface area contributed by atoms with Crippen LogP contribution in [0.15, 0.2) is 0 Å². The smallest absolute Gasteiger partial charge is 0.316 e. The van der Waals surface area contributed by atoms with E-state index in [0.717, 1.165) is 32.4 Å². The number of halogens is 3. The summed E-state index contributed by atoms with van der Waals surface area (Å²) < 4.78 is 38.1. The molecule has 0 bridgehead atoms. The van der Waals surface area contributed by atoms with Crippen LogP contribution in [0.4, 0.5) is 13.2 Å². The molecular weight excluding hydrogens is 229 g/mol. The molecule has 1 N–H and O–H groups in total. The number of nitrogens with one attached hydrogen (secondary N) is 1. The minimum atomic E-state index is -4.00. The first-order valence-corrected chi connectivity index (χ1v) is 6.48. The van der Waals surface area contributed by atoms with Crippen molar-refractivity contribution in [3.05, 3.63) is 0 Å². The largest absolute Gasteiger partial charge is 0.391 e. The highest BCUT2D eigenvalue weighted by molar-refractivity contribution is 4.89. The summed E-state index contributed by atoms with van der Waals surface area (Å²) in [5.41, 5.74) is 0. The molecule has 2 rings (SSSR count). The van der Waals surface area contributed by atoms with Gasteiger partial charge in [-0.3, -0.25) is 4.90 Å². The number of likely N-dealkylation sites (N-methyl/N-ethyl adjacent to an activating group) is 1. The van der Waals surface area contributed by atoms with E-state index in [9.17, 15) is 13.2 Å². The van der Waals surface area contributed by atoms with E-state index in [1.165, 1.54) is 0 Å². The third-order valence-corrected chi connectivity index (χ3v) is 4.25. The molecule has 2 nitrogen and oxygen atoms in total. The lowest BCUT2D eigenvalue weighted by Gasteiger charge is -2.36. The zero-order chi connectivity index (χ0) is 12.5. The monoisotopic (exact) mass is 250 g/mol. The van der Waals surface area contributed by atoms with Crippen molar-refractivity contribution in [3.63, 3.8) is 0 Å². The first kappa shape index (κ1) is 13.1. The van der Waals surface area contributed by atoms with Gasteiger partial charge in [-0.1, -0.05) is 6.42 Å². The van der Waals surface area contributed by atoms with Crippen molar-refractivity contribution in [3.8, 4) is 0 Å². The van der Waals surface area contributed by atoms with Gasteiger partial charge in [0.15, 0.2) is 0 Å². The van der Waals surface area contributed by atoms with Gasteiger partial charge in [-0.05, 0) is 32.7 Å². The number of hydrogen-bond donors (Lipinski definition) is 1. The fraction of sp³-hybridized carbons (Fsp3) is 1.00. The van der Waals surface area contributed by atoms with Crippen molar-refractivity contribution in [2.75, 3.05) is 20.1 Å². The van der Waals surface area contributed by atoms with Gasteiger partial charge in [0.2, 0.25) is 0 Å². The van der Waals surface area contributed by atoms with E-state index in [4.69, 9.17) is 0 Å². The summed E-state index contributed by atoms with van der Waals surface area (Å²) in [6.45, 7) is 1.85. The predicted molar refractivity (Wildman–Crippen MR) is 60.8 cm³/mol. The second-order valence-electron chi connectivity index (χ2n) is 5.33. The quantitative estimate of drug-likeness (QED) is 0.809. The standard InChI is InChI=1S/C12H21F3N2/c1-16-10-5-6-17(8-10)11-4-2-3-9(7-11)12(13,14)15/h9-11,16H,2-8H2,1H3. The van der Waals surface area contributed by atoms with Crippen LogP contribution in [0.2, 0.25) is 0 Å². The minimum absolute atomic E-state index is 0.147. The Bertz CT molecular complexity index is 255. The highest BCUT2D eigenvalue weighted by atomic mass is 19.4. The lowest BCUT2D eigenvalue weighted by molar-refractivity contribution is -0.186. The zero-order valence-corrected chi connectivity index (χ0v) is 10.3. The van der Waals surface area contributed by atoms with Crippen molar-refractivity contribution in [2.45, 2.75) is 50.4 Å². The van der Waals surface area contributed by atoms with Crippen LogP contribution in [0.25, 0.3) is 0 Å². The molecule has 1 aliphatic heterocycles. The molecule has 17 heavy (non-hydrogen) atoms. The SMILES string of the molecule is CNC1CCN(C2CCCC(C(F)(F)F)C2)C1. The molecule has 100 valence electrons. The molecule has 0 spiro atoms. The summed E-state index contributed by atoms with van der Waals surface area (Å²) in [5, 5.41) is 3.21. The average Bonchev–Trinajstić information content (AvgIpc) is 2.76. The third kappa shape index (κ3) is 3.13. The highest BCUT2D eigenvalue weighted by Gasteiger charge is 2.43. The van der Waals surface area contributed by atoms with Gasteiger partial charge in [0.05, 0.1) is 5.92 Å². The molecule has 0 aromatic rings. The second-order valence-corrected chi connectivity index (χ2v) is 5.33. The van der Waals surface area contributed by atoms with E-state index >= 15 is 0 Å². The lowest BCUT2D eigenvalue weighted by Crippen LogP contribution is -2.42. The summed E-state index contributed by atoms with van der Waals surface area (Å²) in [6, 6.07) is 0.606. The van der Waals surface area contributed by atoms with Crippen molar-refractivity contribution in [2.24, 2.45) is 5.92 Å². The molecule has 0 radical (unpaired) electrons. The first-order valence-electron chi connectivity index (χ1n) is 6.48. The van der Waals surface area contributed by atoms with E-state index in [1.807, 2.05) is 7.05 Å². The number of nitrogens with zero attached hydrogens (tertiary/aromatic N) is 1. The van der Waals surface area contributed by atoms with Gasteiger partial charge in [0, 0.05) is 25.2 Å². The van der Waals surface area contributed by atoms with Crippen LogP contribution in [0.1, 0.15) is 32.1 Å². The molecule has 0 aromatic carbocycles. The summed E-state index contributed by atoms with van der Waals surface area (Å²) in [4.78, 5) is 2.25. The lowest BCUT2D eigenvalue weighted by atomic mass is 9.84. The fourth-order valence-electron chi connectivity index (χ4n) is 3.15. The molecule has 1 saturated heterocycles. The number of hydrogen-bond acceptors (Lipinski definition) is 2. The molecule has 0 aromatic heterocycles. The zero-order valence-electron chi connectivity index (χ0n) is 10.3. The van der Waals surface area contributed by atoms with Crippen LogP contribution in [0.5, 0.6) is 0 Å². The summed E-state index contributed by atoms with van der Waals surface area (Å²) in [5.74, 6) is -1.07. The Labute approximate surface area is 101 Å². The molecule has 1 heterocycles. The molecule has 0 amide bonds. The van der Waals surface area contributed by atoms with Gasteiger partial charge in [-0.15, -0.1) is 0 Å². The van der Waals surface area contributed by atoms with Crippen molar-refractivity contribution in [1.29, 1.82) is 0 Å². The van der Waals surface area contributed by atoms with Crippen LogP contribution in [-0.4, -0.2) is 43.3 Å². The molecule has 5 heteroatoms. The van der Waals surface area contributed by atoms with E-state index in [2.05, 4.69) is 10.2 Å². The predicted octanol–water partition coefficient (Wildman–Crippen LogP) is 2.40. The Kier molecular flexibility index (Phi) is 3.98. The topological polar surface area (TPSA) is 15.3 Å². The van der Waals surface area contributed by atoms with Crippen molar-refractivity contribution >= 4 is 0 Å². The number of likely N-dealkylation sites (tertiary alicyclic amines) is 1. The highest BCUT2D eigenvalue weighted by Crippen LogP contribution is 2.39. The molecular formula is C12H21F3N2. The number of rotatable bonds is 2. The molecule has 2 fully saturated rings. The molecule has 1 aliphatic carbocycles. The van der Waals surface area contributed by atoms with Gasteiger partial charge < -0.3 is 5.32 Å². The van der Waals surface area contributed by atoms with E-state index in [1.54, 1.807) is 0 Å². The van der Waals surface area contributed by atoms with Gasteiger partial charge >= 0.3 is 6.18 Å². The summed E-state index contributed by atoms with van der Waals surface area (Å²) >= 11 is 0. The van der Waals surface area contributed by atoms with Gasteiger partial charge in [0.1, 0.15) is 0 Å². The fourth-order valence-corrected chi connectivity index (χ4v) is 3.15. The Morgan fingerprint density at radius 3 is 2.53 bits per heavy atom. The van der Waals surface area contributed by atoms with Crippen LogP contribution in [0.3, 0.4) is 0 Å².